The Bertz CT molecular complexity index is 1520. The van der Waals surface area contributed by atoms with E-state index in [1.807, 2.05) is 37.3 Å². The molecule has 0 radical (unpaired) electrons. The Kier molecular flexibility index (Phi) is 14.9. The number of carbonyl (C=O) groups is 1. The van der Waals surface area contributed by atoms with Gasteiger partial charge in [0.2, 0.25) is 5.79 Å². The van der Waals surface area contributed by atoms with Crippen molar-refractivity contribution < 1.29 is 38.8 Å². The Balaban J connectivity index is 1.66. The van der Waals surface area contributed by atoms with Crippen LogP contribution in [0.25, 0.3) is 0 Å². The van der Waals surface area contributed by atoms with Crippen molar-refractivity contribution in [2.45, 2.75) is 80.9 Å². The van der Waals surface area contributed by atoms with Gasteiger partial charge in [-0.25, -0.2) is 4.79 Å². The van der Waals surface area contributed by atoms with Crippen LogP contribution in [0.4, 0.5) is 4.79 Å². The van der Waals surface area contributed by atoms with Crippen LogP contribution < -0.4 is 9.47 Å². The van der Waals surface area contributed by atoms with Crippen molar-refractivity contribution in [3.05, 3.63) is 78.4 Å². The minimum atomic E-state index is -1.30. The number of hydrogen-bond donors (Lipinski definition) is 2. The van der Waals surface area contributed by atoms with E-state index in [0.717, 1.165) is 54.0 Å². The number of oxime groups is 1. The van der Waals surface area contributed by atoms with Crippen LogP contribution >= 0.6 is 11.8 Å². The van der Waals surface area contributed by atoms with Crippen LogP contribution in [0, 0.1) is 17.8 Å². The van der Waals surface area contributed by atoms with Crippen molar-refractivity contribution in [2.75, 3.05) is 52.9 Å². The highest BCUT2D eigenvalue weighted by Crippen LogP contribution is 2.62. The molecule has 0 bridgehead atoms. The summed E-state index contributed by atoms with van der Waals surface area (Å²) in [6.45, 7) is 7.44. The molecule has 1 fully saturated rings. The van der Waals surface area contributed by atoms with E-state index in [4.69, 9.17) is 23.8 Å². The molecule has 1 saturated carbocycles. The van der Waals surface area contributed by atoms with E-state index in [1.54, 1.807) is 29.8 Å². The van der Waals surface area contributed by atoms with Gasteiger partial charge in [-0.3, -0.25) is 4.90 Å². The molecule has 6 unspecified atom stereocenters. The van der Waals surface area contributed by atoms with Gasteiger partial charge in [0.05, 0.1) is 32.0 Å². The maximum Gasteiger partial charge on any atom is 0.409 e. The number of methoxy groups -OCH3 is 1. The molecule has 52 heavy (non-hydrogen) atoms. The first-order chi connectivity index (χ1) is 25.5. The van der Waals surface area contributed by atoms with Gasteiger partial charge in [-0.05, 0) is 79.8 Å². The molecule has 3 aliphatic rings. The Morgan fingerprint density at radius 2 is 1.87 bits per heavy atom. The normalized spacial score (nSPS) is 25.3. The average molecular weight is 737 g/mol. The highest BCUT2D eigenvalue weighted by Gasteiger charge is 2.65. The van der Waals surface area contributed by atoms with Crippen molar-refractivity contribution in [3.8, 4) is 11.5 Å². The third kappa shape index (κ3) is 8.81. The third-order valence-corrected chi connectivity index (χ3v) is 11.4. The molecule has 11 heteroatoms. The maximum atomic E-state index is 13.6. The highest BCUT2D eigenvalue weighted by atomic mass is 32.2. The van der Waals surface area contributed by atoms with Gasteiger partial charge < -0.3 is 34.0 Å². The molecule has 2 aliphatic carbocycles. The number of nitrogens with zero attached hydrogens (tertiary/aromatic N) is 2. The molecular weight excluding hydrogens is 681 g/mol. The fraction of sp³-hybridized carbons (Fsp3) is 0.561. The highest BCUT2D eigenvalue weighted by molar-refractivity contribution is 7.99. The number of benzene rings is 2. The first-order valence-electron chi connectivity index (χ1n) is 18.7. The number of thioether (sulfide) groups is 1. The van der Waals surface area contributed by atoms with Crippen molar-refractivity contribution >= 4 is 23.6 Å². The fourth-order valence-corrected chi connectivity index (χ4v) is 9.17. The van der Waals surface area contributed by atoms with Crippen LogP contribution in [0.1, 0.15) is 69.8 Å². The van der Waals surface area contributed by atoms with Gasteiger partial charge in [-0.15, -0.1) is 18.3 Å². The number of unbranched alkanes of at least 4 members (excludes halogenated alkanes) is 2. The molecule has 2 N–H and O–H groups in total. The lowest BCUT2D eigenvalue weighted by molar-refractivity contribution is -0.255. The molecule has 284 valence electrons. The molecule has 0 spiro atoms. The number of hydrogen-bond acceptors (Lipinski definition) is 10. The van der Waals surface area contributed by atoms with Crippen LogP contribution in [0.2, 0.25) is 0 Å². The van der Waals surface area contributed by atoms with Crippen molar-refractivity contribution in [3.63, 3.8) is 0 Å². The van der Waals surface area contributed by atoms with Crippen LogP contribution in [0.3, 0.4) is 0 Å². The summed E-state index contributed by atoms with van der Waals surface area (Å²) in [5.41, 5.74) is 2.78. The zero-order chi connectivity index (χ0) is 36.9. The Morgan fingerprint density at radius 1 is 1.10 bits per heavy atom. The summed E-state index contributed by atoms with van der Waals surface area (Å²) >= 11 is 1.75. The molecule has 1 aliphatic heterocycles. The smallest absolute Gasteiger partial charge is 0.409 e. The second-order valence-corrected chi connectivity index (χ2v) is 14.8. The standard InChI is InChI=1S/C41H56N2O8S/c1-5-20-43(40(46)47-3)37-28-35(42-48-4)33-26-29(14-10-12-21-44)32(17-11-13-22-45)38-34-27-30(49-24-25-52-31-15-8-7-9-16-31)18-19-36(34)51-41(37,39(33)38)50-23-6-2/h6-9,15-16,18-19,26-27,29,32,37-39,44-45H,2,5,10-14,17,20-25,28H2,1,3-4H3. The summed E-state index contributed by atoms with van der Waals surface area (Å²) in [6, 6.07) is 15.8. The minimum Gasteiger partial charge on any atom is -0.493 e. The van der Waals surface area contributed by atoms with Gasteiger partial charge >= 0.3 is 6.09 Å². The summed E-state index contributed by atoms with van der Waals surface area (Å²) in [5.74, 6) is 0.766. The first kappa shape index (κ1) is 39.7. The quantitative estimate of drug-likeness (QED) is 0.0613. The topological polar surface area (TPSA) is 119 Å². The minimum absolute atomic E-state index is 0.111. The summed E-state index contributed by atoms with van der Waals surface area (Å²) in [7, 11) is 2.95. The number of aliphatic hydroxyl groups is 2. The van der Waals surface area contributed by atoms with E-state index in [-0.39, 0.29) is 43.5 Å². The molecule has 0 saturated heterocycles. The van der Waals surface area contributed by atoms with Gasteiger partial charge in [-0.2, -0.15) is 0 Å². The fourth-order valence-electron chi connectivity index (χ4n) is 8.42. The number of aliphatic hydroxyl groups excluding tert-OH is 2. The summed E-state index contributed by atoms with van der Waals surface area (Å²) in [4.78, 5) is 22.0. The maximum absolute atomic E-state index is 13.6. The largest absolute Gasteiger partial charge is 0.493 e. The second kappa shape index (κ2) is 19.5. The number of allylic oxidation sites excluding steroid dienone is 1. The molecule has 1 heterocycles. The van der Waals surface area contributed by atoms with E-state index in [0.29, 0.717) is 44.6 Å². The van der Waals surface area contributed by atoms with Crippen molar-refractivity contribution in [2.24, 2.45) is 22.9 Å². The lowest BCUT2D eigenvalue weighted by Crippen LogP contribution is -2.70. The van der Waals surface area contributed by atoms with Gasteiger partial charge in [-0.1, -0.05) is 55.3 Å². The number of amides is 1. The zero-order valence-corrected chi connectivity index (χ0v) is 31.7. The van der Waals surface area contributed by atoms with Gasteiger partial charge in [0.15, 0.2) is 0 Å². The molecule has 1 amide bonds. The number of ether oxygens (including phenoxy) is 4. The van der Waals surface area contributed by atoms with E-state index in [2.05, 4.69) is 36.0 Å². The molecule has 10 nitrogen and oxygen atoms in total. The van der Waals surface area contributed by atoms with E-state index >= 15 is 0 Å². The van der Waals surface area contributed by atoms with Crippen LogP contribution in [0.15, 0.2) is 82.9 Å². The van der Waals surface area contributed by atoms with E-state index in [1.165, 1.54) is 12.0 Å². The molecule has 2 aromatic rings. The molecule has 6 atom stereocenters. The predicted molar refractivity (Wildman–Crippen MR) is 204 cm³/mol. The summed E-state index contributed by atoms with van der Waals surface area (Å²) < 4.78 is 25.8. The summed E-state index contributed by atoms with van der Waals surface area (Å²) in [5, 5.41) is 24.2. The molecular formula is C41H56N2O8S. The number of rotatable bonds is 20. The van der Waals surface area contributed by atoms with Gasteiger partial charge in [0.1, 0.15) is 24.7 Å². The monoisotopic (exact) mass is 736 g/mol. The zero-order valence-electron chi connectivity index (χ0n) is 30.9. The third-order valence-electron chi connectivity index (χ3n) is 10.5. The Morgan fingerprint density at radius 3 is 2.56 bits per heavy atom. The molecule has 2 aromatic carbocycles. The van der Waals surface area contributed by atoms with Crippen molar-refractivity contribution in [1.29, 1.82) is 0 Å². The van der Waals surface area contributed by atoms with E-state index in [9.17, 15) is 15.0 Å². The number of fused-ring (bicyclic) bond motifs is 2. The Hall–Kier alpha value is -3.51. The lowest BCUT2D eigenvalue weighted by Gasteiger charge is -2.59. The molecule has 0 aromatic heterocycles. The van der Waals surface area contributed by atoms with E-state index < -0.39 is 17.9 Å². The first-order valence-corrected chi connectivity index (χ1v) is 19.7. The predicted octanol–water partition coefficient (Wildman–Crippen LogP) is 7.60. The average Bonchev–Trinajstić information content (AvgIpc) is 3.17. The number of carbonyl (C=O) groups excluding carboxylic acids is 1. The lowest BCUT2D eigenvalue weighted by atomic mass is 9.55. The SMILES string of the molecule is C=CCOC12Oc3ccc(OCCSc4ccccc4)cc3C3C(CCCCO)C(CCCCO)C=C(C(=NOC)CC1N(CCC)C(=O)OC)C32. The Labute approximate surface area is 313 Å². The summed E-state index contributed by atoms with van der Waals surface area (Å²) in [6.07, 6.45) is 9.51. The van der Waals surface area contributed by atoms with Gasteiger partial charge in [0.25, 0.3) is 0 Å². The van der Waals surface area contributed by atoms with Crippen LogP contribution in [-0.2, 0) is 14.3 Å². The second-order valence-electron chi connectivity index (χ2n) is 13.6. The molecule has 5 rings (SSSR count). The van der Waals surface area contributed by atoms with Gasteiger partial charge in [0, 0.05) is 48.3 Å². The van der Waals surface area contributed by atoms with Crippen LogP contribution in [0.5, 0.6) is 11.5 Å². The van der Waals surface area contributed by atoms with Crippen LogP contribution in [-0.4, -0.2) is 91.7 Å². The van der Waals surface area contributed by atoms with Crippen molar-refractivity contribution in [1.82, 2.24) is 4.90 Å².